The molecule has 0 amide bonds. The van der Waals surface area contributed by atoms with Crippen molar-refractivity contribution in [2.24, 2.45) is 16.6 Å². The number of aliphatic imine (C=N–C) groups is 1. The van der Waals surface area contributed by atoms with Gasteiger partial charge in [-0.2, -0.15) is 0 Å². The van der Waals surface area contributed by atoms with Gasteiger partial charge in [-0.05, 0) is 91.2 Å². The van der Waals surface area contributed by atoms with E-state index in [9.17, 15) is 0 Å². The maximum atomic E-state index is 5.92. The molecule has 1 aliphatic rings. The number of hydrogen-bond donors (Lipinski definition) is 1. The van der Waals surface area contributed by atoms with E-state index in [2.05, 4.69) is 106 Å². The quantitative estimate of drug-likeness (QED) is 0.0753. The highest BCUT2D eigenvalue weighted by atomic mass is 15.1. The molecule has 8 heteroatoms. The Kier molecular flexibility index (Phi) is 12.3. The van der Waals surface area contributed by atoms with Crippen molar-refractivity contribution >= 4 is 27.5 Å². The van der Waals surface area contributed by atoms with Crippen molar-refractivity contribution in [3.05, 3.63) is 156 Å². The molecule has 1 aliphatic heterocycles. The molecule has 8 nitrogen and oxygen atoms in total. The van der Waals surface area contributed by atoms with Gasteiger partial charge in [0.05, 0.1) is 28.1 Å². The number of nitrogens with two attached hydrogens (primary N) is 1. The lowest BCUT2D eigenvalue weighted by atomic mass is 9.94. The van der Waals surface area contributed by atoms with E-state index in [0.29, 0.717) is 19.0 Å². The molecule has 270 valence electrons. The van der Waals surface area contributed by atoms with Gasteiger partial charge >= 0.3 is 0 Å². The lowest BCUT2D eigenvalue weighted by Crippen LogP contribution is -2.31. The summed E-state index contributed by atoms with van der Waals surface area (Å²) in [4.78, 5) is 29.4. The monoisotopic (exact) mass is 702 g/mol. The van der Waals surface area contributed by atoms with Crippen LogP contribution in [0.2, 0.25) is 0 Å². The molecule has 6 aromatic rings. The number of fused-ring (bicyclic) bond motifs is 2. The maximum Gasteiger partial charge on any atom is 0.0757 e. The van der Waals surface area contributed by atoms with Gasteiger partial charge in [0.25, 0.3) is 0 Å². The molecule has 7 rings (SSSR count). The third kappa shape index (κ3) is 9.64. The molecule has 2 N–H and O–H groups in total. The third-order valence-corrected chi connectivity index (χ3v) is 10.0. The van der Waals surface area contributed by atoms with Crippen LogP contribution in [0.15, 0.2) is 127 Å². The van der Waals surface area contributed by atoms with Crippen LogP contribution in [0, 0.1) is 5.92 Å². The standard InChI is InChI=1S/C45H50N8/c1-34-21-26-50-40(27-34)33-53(32-39-17-6-10-25-49-39)29-36-14-12-20-43-41(18-3-2-7-22-46)42-19-11-13-35(44(42)51-45(36)43)28-52(30-37-15-4-8-23-47-37)31-38-16-5-9-24-48-38/h4-6,8-17,19-21,23-26,34H,2-3,7,18,22,27-33,46H2,1H3. The lowest BCUT2D eigenvalue weighted by Gasteiger charge is -2.26. The molecule has 4 aromatic heterocycles. The Hall–Kier alpha value is -5.15. The number of aromatic nitrogens is 4. The molecule has 53 heavy (non-hydrogen) atoms. The van der Waals surface area contributed by atoms with Crippen LogP contribution in [0.25, 0.3) is 21.8 Å². The van der Waals surface area contributed by atoms with Gasteiger partial charge in [0.1, 0.15) is 0 Å². The molecular formula is C45H50N8. The molecule has 1 atom stereocenters. The smallest absolute Gasteiger partial charge is 0.0757 e. The SMILES string of the molecule is CC1C=CN=C(CN(Cc2ccccn2)Cc2cccc3c(CCCCCN)c4cccc(CN(Cc5ccccn5)Cc5ccccn5)c4nc23)C1. The van der Waals surface area contributed by atoms with Crippen molar-refractivity contribution in [1.29, 1.82) is 0 Å². The minimum atomic E-state index is 0.486. The number of unbranched alkanes of at least 4 members (excludes halogenated alkanes) is 2. The third-order valence-electron chi connectivity index (χ3n) is 10.0. The molecule has 5 heterocycles. The minimum absolute atomic E-state index is 0.486. The van der Waals surface area contributed by atoms with E-state index in [0.717, 1.165) is 92.9 Å². The van der Waals surface area contributed by atoms with E-state index in [4.69, 9.17) is 20.7 Å². The highest BCUT2D eigenvalue weighted by Crippen LogP contribution is 2.33. The van der Waals surface area contributed by atoms with E-state index in [1.807, 2.05) is 43.0 Å². The summed E-state index contributed by atoms with van der Waals surface area (Å²) < 4.78 is 0. The molecule has 1 unspecified atom stereocenters. The number of rotatable bonds is 17. The number of para-hydroxylation sites is 2. The van der Waals surface area contributed by atoms with Crippen molar-refractivity contribution in [1.82, 2.24) is 29.7 Å². The van der Waals surface area contributed by atoms with Crippen LogP contribution < -0.4 is 5.73 Å². The fraction of sp³-hybridized carbons (Fsp3) is 0.311. The zero-order chi connectivity index (χ0) is 36.2. The van der Waals surface area contributed by atoms with Crippen LogP contribution >= 0.6 is 0 Å². The second kappa shape index (κ2) is 18.1. The number of allylic oxidation sites excluding steroid dienone is 1. The normalized spacial score (nSPS) is 14.4. The first-order valence-corrected chi connectivity index (χ1v) is 19.0. The number of aryl methyl sites for hydroxylation is 1. The first-order chi connectivity index (χ1) is 26.1. The Morgan fingerprint density at radius 2 is 1.15 bits per heavy atom. The molecule has 0 spiro atoms. The van der Waals surface area contributed by atoms with Crippen molar-refractivity contribution in [2.45, 2.75) is 71.8 Å². The van der Waals surface area contributed by atoms with Crippen LogP contribution in [-0.2, 0) is 39.1 Å². The van der Waals surface area contributed by atoms with E-state index in [1.165, 1.54) is 33.2 Å². The predicted octanol–water partition coefficient (Wildman–Crippen LogP) is 8.44. The number of benzene rings is 2. The summed E-state index contributed by atoms with van der Waals surface area (Å²) in [5, 5.41) is 2.47. The van der Waals surface area contributed by atoms with Crippen molar-refractivity contribution in [3.63, 3.8) is 0 Å². The predicted molar refractivity (Wildman–Crippen MR) is 216 cm³/mol. The molecule has 0 radical (unpaired) electrons. The number of pyridine rings is 4. The van der Waals surface area contributed by atoms with Gasteiger partial charge < -0.3 is 5.73 Å². The molecular weight excluding hydrogens is 653 g/mol. The molecule has 0 aliphatic carbocycles. The fourth-order valence-corrected chi connectivity index (χ4v) is 7.47. The average Bonchev–Trinajstić information content (AvgIpc) is 3.18. The summed E-state index contributed by atoms with van der Waals surface area (Å²) in [5.74, 6) is 0.486. The van der Waals surface area contributed by atoms with Gasteiger partial charge in [0.15, 0.2) is 0 Å². The Balaban J connectivity index is 1.29. The van der Waals surface area contributed by atoms with E-state index in [-0.39, 0.29) is 0 Å². The Bertz CT molecular complexity index is 2090. The van der Waals surface area contributed by atoms with Crippen LogP contribution in [-0.4, -0.2) is 48.5 Å². The first kappa shape index (κ1) is 36.2. The van der Waals surface area contributed by atoms with Gasteiger partial charge in [-0.15, -0.1) is 0 Å². The summed E-state index contributed by atoms with van der Waals surface area (Å²) in [5.41, 5.74) is 16.2. The van der Waals surface area contributed by atoms with Gasteiger partial charge in [-0.1, -0.05) is 74.0 Å². The van der Waals surface area contributed by atoms with Crippen LogP contribution in [0.5, 0.6) is 0 Å². The Morgan fingerprint density at radius 1 is 0.604 bits per heavy atom. The summed E-state index contributed by atoms with van der Waals surface area (Å²) in [6.07, 6.45) is 15.0. The van der Waals surface area contributed by atoms with Crippen molar-refractivity contribution in [3.8, 4) is 0 Å². The lowest BCUT2D eigenvalue weighted by molar-refractivity contribution is 0.242. The molecule has 0 bridgehead atoms. The number of nitrogens with zero attached hydrogens (tertiary/aromatic N) is 7. The Labute approximate surface area is 313 Å². The summed E-state index contributed by atoms with van der Waals surface area (Å²) in [6.45, 7) is 7.36. The largest absolute Gasteiger partial charge is 0.330 e. The maximum absolute atomic E-state index is 5.92. The van der Waals surface area contributed by atoms with E-state index < -0.39 is 0 Å². The van der Waals surface area contributed by atoms with Crippen LogP contribution in [0.4, 0.5) is 0 Å². The van der Waals surface area contributed by atoms with E-state index >= 15 is 0 Å². The van der Waals surface area contributed by atoms with Gasteiger partial charge in [-0.3, -0.25) is 29.7 Å². The molecule has 0 saturated heterocycles. The van der Waals surface area contributed by atoms with Gasteiger partial charge in [-0.25, -0.2) is 4.98 Å². The first-order valence-electron chi connectivity index (χ1n) is 19.0. The van der Waals surface area contributed by atoms with Gasteiger partial charge in [0.2, 0.25) is 0 Å². The zero-order valence-electron chi connectivity index (χ0n) is 30.8. The van der Waals surface area contributed by atoms with Crippen LogP contribution in [0.3, 0.4) is 0 Å². The highest BCUT2D eigenvalue weighted by Gasteiger charge is 2.20. The van der Waals surface area contributed by atoms with Crippen molar-refractivity contribution in [2.75, 3.05) is 13.1 Å². The van der Waals surface area contributed by atoms with Gasteiger partial charge in [0, 0.05) is 80.5 Å². The summed E-state index contributed by atoms with van der Waals surface area (Å²) in [7, 11) is 0. The molecule has 2 aromatic carbocycles. The topological polar surface area (TPSA) is 96.4 Å². The summed E-state index contributed by atoms with van der Waals surface area (Å²) in [6, 6.07) is 31.8. The average molecular weight is 703 g/mol. The molecule has 0 saturated carbocycles. The second-order valence-electron chi connectivity index (χ2n) is 14.3. The fourth-order valence-electron chi connectivity index (χ4n) is 7.47. The number of hydrogen-bond acceptors (Lipinski definition) is 8. The van der Waals surface area contributed by atoms with Crippen LogP contribution in [0.1, 0.15) is 66.4 Å². The zero-order valence-corrected chi connectivity index (χ0v) is 30.8. The van der Waals surface area contributed by atoms with Crippen molar-refractivity contribution < 1.29 is 0 Å². The summed E-state index contributed by atoms with van der Waals surface area (Å²) >= 11 is 0. The second-order valence-corrected chi connectivity index (χ2v) is 14.3. The Morgan fingerprint density at radius 3 is 1.64 bits per heavy atom. The molecule has 0 fully saturated rings. The van der Waals surface area contributed by atoms with E-state index in [1.54, 1.807) is 0 Å². The minimum Gasteiger partial charge on any atom is -0.330 e. The highest BCUT2D eigenvalue weighted by molar-refractivity contribution is 6.00.